The second kappa shape index (κ2) is 4.83. The molecule has 0 saturated heterocycles. The third kappa shape index (κ3) is 3.63. The average molecular weight is 208 g/mol. The van der Waals surface area contributed by atoms with Gasteiger partial charge < -0.3 is 0 Å². The Labute approximate surface area is 84.9 Å². The Bertz CT molecular complexity index is 435. The first-order valence-electron chi connectivity index (χ1n) is 4.44. The molecule has 74 valence electrons. The van der Waals surface area contributed by atoms with Gasteiger partial charge in [-0.05, 0) is 18.6 Å². The van der Waals surface area contributed by atoms with Gasteiger partial charge in [-0.2, -0.15) is 0 Å². The highest BCUT2D eigenvalue weighted by atomic mass is 32.2. The smallest absolute Gasteiger partial charge is 0.215 e. The second-order valence-corrected chi connectivity index (χ2v) is 4.75. The van der Waals surface area contributed by atoms with Crippen LogP contribution in [0.5, 0.6) is 0 Å². The second-order valence-electron chi connectivity index (χ2n) is 2.91. The monoisotopic (exact) mass is 208 g/mol. The van der Waals surface area contributed by atoms with E-state index in [1.165, 1.54) is 0 Å². The normalized spacial score (nSPS) is 10.4. The van der Waals surface area contributed by atoms with Crippen molar-refractivity contribution in [2.24, 2.45) is 0 Å². The molecule has 0 unspecified atom stereocenters. The van der Waals surface area contributed by atoms with Crippen LogP contribution in [0.25, 0.3) is 0 Å². The van der Waals surface area contributed by atoms with Gasteiger partial charge in [-0.3, -0.25) is 0 Å². The van der Waals surface area contributed by atoms with E-state index in [1.807, 2.05) is 25.1 Å². The number of rotatable bonds is 2. The van der Waals surface area contributed by atoms with E-state index in [-0.39, 0.29) is 5.75 Å². The standard InChI is InChI=1S/C11H12O2S/c1-2-9-14(12,13)10-8-11-6-4-3-5-7-11/h3-7H,2,9H2,1H3. The van der Waals surface area contributed by atoms with Crippen LogP contribution in [-0.4, -0.2) is 14.2 Å². The Morgan fingerprint density at radius 3 is 2.43 bits per heavy atom. The van der Waals surface area contributed by atoms with Crippen LogP contribution in [-0.2, 0) is 9.84 Å². The number of hydrogen-bond donors (Lipinski definition) is 0. The van der Waals surface area contributed by atoms with E-state index in [2.05, 4.69) is 11.2 Å². The Kier molecular flexibility index (Phi) is 3.73. The first kappa shape index (κ1) is 10.8. The minimum absolute atomic E-state index is 0.132. The zero-order valence-electron chi connectivity index (χ0n) is 8.03. The molecule has 0 amide bonds. The van der Waals surface area contributed by atoms with Gasteiger partial charge in [0.2, 0.25) is 9.84 Å². The molecule has 0 aliphatic carbocycles. The molecule has 0 radical (unpaired) electrons. The zero-order valence-corrected chi connectivity index (χ0v) is 8.84. The lowest BCUT2D eigenvalue weighted by molar-refractivity contribution is 0.605. The van der Waals surface area contributed by atoms with Crippen molar-refractivity contribution in [1.82, 2.24) is 0 Å². The maximum atomic E-state index is 11.2. The van der Waals surface area contributed by atoms with Crippen molar-refractivity contribution in [3.63, 3.8) is 0 Å². The molecule has 0 spiro atoms. The fourth-order valence-corrected chi connectivity index (χ4v) is 1.89. The quantitative estimate of drug-likeness (QED) is 0.695. The Morgan fingerprint density at radius 2 is 1.86 bits per heavy atom. The van der Waals surface area contributed by atoms with Crippen LogP contribution < -0.4 is 0 Å². The summed E-state index contributed by atoms with van der Waals surface area (Å²) in [6.07, 6.45) is 0.603. The Hall–Kier alpha value is -1.27. The lowest BCUT2D eigenvalue weighted by Gasteiger charge is -1.90. The molecular formula is C11H12O2S. The molecule has 0 bridgehead atoms. The summed E-state index contributed by atoms with van der Waals surface area (Å²) in [5.74, 6) is 2.76. The van der Waals surface area contributed by atoms with Gasteiger partial charge in [0.15, 0.2) is 0 Å². The van der Waals surface area contributed by atoms with Gasteiger partial charge in [0.05, 0.1) is 5.75 Å². The molecule has 2 nitrogen and oxygen atoms in total. The molecule has 0 fully saturated rings. The lowest BCUT2D eigenvalue weighted by Crippen LogP contribution is -2.00. The van der Waals surface area contributed by atoms with Crippen molar-refractivity contribution >= 4 is 9.84 Å². The predicted molar refractivity (Wildman–Crippen MR) is 57.4 cm³/mol. The van der Waals surface area contributed by atoms with Gasteiger partial charge in [0.1, 0.15) is 0 Å². The van der Waals surface area contributed by atoms with Crippen LogP contribution in [0.15, 0.2) is 30.3 Å². The van der Waals surface area contributed by atoms with E-state index in [4.69, 9.17) is 0 Å². The van der Waals surface area contributed by atoms with E-state index in [1.54, 1.807) is 12.1 Å². The molecule has 3 heteroatoms. The largest absolute Gasteiger partial charge is 0.217 e. The fraction of sp³-hybridized carbons (Fsp3) is 0.273. The summed E-state index contributed by atoms with van der Waals surface area (Å²) in [6, 6.07) is 9.10. The third-order valence-electron chi connectivity index (χ3n) is 1.60. The molecule has 0 N–H and O–H groups in total. The summed E-state index contributed by atoms with van der Waals surface area (Å²) in [4.78, 5) is 0. The third-order valence-corrected chi connectivity index (χ3v) is 2.96. The Morgan fingerprint density at radius 1 is 1.21 bits per heavy atom. The highest BCUT2D eigenvalue weighted by Gasteiger charge is 2.02. The summed E-state index contributed by atoms with van der Waals surface area (Å²) in [6.45, 7) is 1.82. The van der Waals surface area contributed by atoms with Crippen molar-refractivity contribution in [1.29, 1.82) is 0 Å². The number of hydrogen-bond acceptors (Lipinski definition) is 2. The minimum Gasteiger partial charge on any atom is -0.215 e. The minimum atomic E-state index is -3.19. The molecule has 0 atom stereocenters. The van der Waals surface area contributed by atoms with Crippen molar-refractivity contribution in [2.45, 2.75) is 13.3 Å². The fourth-order valence-electron chi connectivity index (χ4n) is 0.978. The van der Waals surface area contributed by atoms with E-state index >= 15 is 0 Å². The molecule has 14 heavy (non-hydrogen) atoms. The van der Waals surface area contributed by atoms with Gasteiger partial charge in [0.25, 0.3) is 0 Å². The van der Waals surface area contributed by atoms with Crippen LogP contribution in [0.2, 0.25) is 0 Å². The first-order valence-corrected chi connectivity index (χ1v) is 6.10. The molecule has 0 aliphatic rings. The summed E-state index contributed by atoms with van der Waals surface area (Å²) < 4.78 is 22.5. The van der Waals surface area contributed by atoms with Gasteiger partial charge in [0, 0.05) is 10.8 Å². The molecular weight excluding hydrogens is 196 g/mol. The maximum absolute atomic E-state index is 11.2. The van der Waals surface area contributed by atoms with Gasteiger partial charge in [-0.25, -0.2) is 8.42 Å². The van der Waals surface area contributed by atoms with Crippen LogP contribution in [0, 0.1) is 11.2 Å². The predicted octanol–water partition coefficient (Wildman–Crippen LogP) is 1.82. The van der Waals surface area contributed by atoms with Gasteiger partial charge in [-0.15, -0.1) is 0 Å². The highest BCUT2D eigenvalue weighted by molar-refractivity contribution is 7.96. The van der Waals surface area contributed by atoms with Crippen LogP contribution in [0.3, 0.4) is 0 Å². The SMILES string of the molecule is CCCS(=O)(=O)C#Cc1ccccc1. The van der Waals surface area contributed by atoms with Gasteiger partial charge >= 0.3 is 0 Å². The lowest BCUT2D eigenvalue weighted by atomic mass is 10.2. The van der Waals surface area contributed by atoms with Crippen LogP contribution in [0.4, 0.5) is 0 Å². The maximum Gasteiger partial charge on any atom is 0.217 e. The van der Waals surface area contributed by atoms with Crippen LogP contribution in [0.1, 0.15) is 18.9 Å². The first-order chi connectivity index (χ1) is 6.64. The molecule has 0 aliphatic heterocycles. The molecule has 1 aromatic carbocycles. The summed E-state index contributed by atoms with van der Waals surface area (Å²) in [5, 5.41) is 2.30. The molecule has 0 saturated carbocycles. The number of sulfone groups is 1. The van der Waals surface area contributed by atoms with E-state index < -0.39 is 9.84 Å². The number of benzene rings is 1. The van der Waals surface area contributed by atoms with Crippen LogP contribution >= 0.6 is 0 Å². The van der Waals surface area contributed by atoms with E-state index in [0.717, 1.165) is 5.56 Å². The molecule has 1 aromatic rings. The Balaban J connectivity index is 2.84. The summed E-state index contributed by atoms with van der Waals surface area (Å²) in [5.41, 5.74) is 0.729. The van der Waals surface area contributed by atoms with Crippen molar-refractivity contribution in [3.8, 4) is 11.2 Å². The zero-order chi connectivity index (χ0) is 10.4. The van der Waals surface area contributed by atoms with Crippen molar-refractivity contribution < 1.29 is 8.42 Å². The molecule has 0 heterocycles. The summed E-state index contributed by atoms with van der Waals surface area (Å²) >= 11 is 0. The summed E-state index contributed by atoms with van der Waals surface area (Å²) in [7, 11) is -3.19. The van der Waals surface area contributed by atoms with E-state index in [9.17, 15) is 8.42 Å². The highest BCUT2D eigenvalue weighted by Crippen LogP contribution is 1.97. The molecule has 0 aromatic heterocycles. The van der Waals surface area contributed by atoms with Gasteiger partial charge in [-0.1, -0.05) is 31.0 Å². The van der Waals surface area contributed by atoms with Crippen molar-refractivity contribution in [3.05, 3.63) is 35.9 Å². The van der Waals surface area contributed by atoms with E-state index in [0.29, 0.717) is 6.42 Å². The van der Waals surface area contributed by atoms with Crippen molar-refractivity contribution in [2.75, 3.05) is 5.75 Å². The average Bonchev–Trinajstić information content (AvgIpc) is 2.17. The molecule has 1 rings (SSSR count). The topological polar surface area (TPSA) is 34.1 Å².